The van der Waals surface area contributed by atoms with Crippen LogP contribution >= 0.6 is 23.5 Å². The lowest BCUT2D eigenvalue weighted by atomic mass is 10.2. The molecule has 21 heavy (non-hydrogen) atoms. The number of hydrogen-bond donors (Lipinski definition) is 1. The van der Waals surface area contributed by atoms with Crippen molar-refractivity contribution in [3.05, 3.63) is 35.9 Å². The Balaban J connectivity index is 1.54. The van der Waals surface area contributed by atoms with Crippen molar-refractivity contribution in [3.63, 3.8) is 0 Å². The summed E-state index contributed by atoms with van der Waals surface area (Å²) in [5, 5.41) is 14.6. The van der Waals surface area contributed by atoms with Crippen molar-refractivity contribution in [2.75, 3.05) is 18.1 Å². The number of tetrazole rings is 1. The van der Waals surface area contributed by atoms with Gasteiger partial charge in [0, 0.05) is 25.1 Å². The number of carbonyl (C=O) groups excluding carboxylic acids is 1. The van der Waals surface area contributed by atoms with Gasteiger partial charge in [0.2, 0.25) is 11.1 Å². The zero-order valence-corrected chi connectivity index (χ0v) is 13.4. The van der Waals surface area contributed by atoms with E-state index in [1.807, 2.05) is 30.0 Å². The van der Waals surface area contributed by atoms with Crippen LogP contribution in [0.1, 0.15) is 5.56 Å². The first-order chi connectivity index (χ1) is 10.3. The lowest BCUT2D eigenvalue weighted by Gasteiger charge is -2.05. The average molecular weight is 323 g/mol. The molecule has 1 N–H and O–H groups in total. The molecular formula is C13H17N5OS2. The minimum absolute atomic E-state index is 0.00307. The molecule has 1 aromatic heterocycles. The van der Waals surface area contributed by atoms with Gasteiger partial charge in [-0.05, 0) is 16.0 Å². The molecule has 0 unspecified atom stereocenters. The van der Waals surface area contributed by atoms with Crippen molar-refractivity contribution in [2.45, 2.75) is 10.9 Å². The quantitative estimate of drug-likeness (QED) is 0.584. The smallest absolute Gasteiger partial charge is 0.230 e. The third-order valence-corrected chi connectivity index (χ3v) is 4.63. The van der Waals surface area contributed by atoms with Gasteiger partial charge in [-0.25, -0.2) is 4.68 Å². The highest BCUT2D eigenvalue weighted by Crippen LogP contribution is 2.12. The van der Waals surface area contributed by atoms with Crippen LogP contribution in [-0.2, 0) is 17.6 Å². The molecule has 2 rings (SSSR count). The van der Waals surface area contributed by atoms with Gasteiger partial charge in [-0.15, -0.1) is 5.10 Å². The summed E-state index contributed by atoms with van der Waals surface area (Å²) in [4.78, 5) is 11.7. The number of amides is 1. The molecule has 112 valence electrons. The van der Waals surface area contributed by atoms with Crippen LogP contribution in [0.5, 0.6) is 0 Å². The van der Waals surface area contributed by atoms with Gasteiger partial charge in [0.15, 0.2) is 0 Å². The van der Waals surface area contributed by atoms with Crippen LogP contribution in [0.15, 0.2) is 35.5 Å². The van der Waals surface area contributed by atoms with Gasteiger partial charge in [-0.3, -0.25) is 4.79 Å². The predicted octanol–water partition coefficient (Wildman–Crippen LogP) is 1.35. The first kappa shape index (κ1) is 15.8. The summed E-state index contributed by atoms with van der Waals surface area (Å²) in [6.07, 6.45) is 0. The summed E-state index contributed by atoms with van der Waals surface area (Å²) in [6, 6.07) is 10.3. The maximum absolute atomic E-state index is 11.7. The molecule has 0 aliphatic carbocycles. The van der Waals surface area contributed by atoms with Crippen molar-refractivity contribution in [3.8, 4) is 0 Å². The van der Waals surface area contributed by atoms with Gasteiger partial charge in [0.1, 0.15) is 0 Å². The van der Waals surface area contributed by atoms with Gasteiger partial charge in [-0.2, -0.15) is 11.8 Å². The Hall–Kier alpha value is -1.54. The highest BCUT2D eigenvalue weighted by atomic mass is 32.2. The van der Waals surface area contributed by atoms with E-state index in [0.717, 1.165) is 11.5 Å². The van der Waals surface area contributed by atoms with Crippen molar-refractivity contribution >= 4 is 29.4 Å². The molecule has 2 aromatic rings. The maximum atomic E-state index is 11.7. The highest BCUT2D eigenvalue weighted by Gasteiger charge is 2.06. The molecule has 0 saturated carbocycles. The van der Waals surface area contributed by atoms with E-state index >= 15 is 0 Å². The zero-order valence-electron chi connectivity index (χ0n) is 11.7. The van der Waals surface area contributed by atoms with E-state index in [2.05, 4.69) is 33.0 Å². The number of nitrogens with zero attached hydrogens (tertiary/aromatic N) is 4. The Bertz CT molecular complexity index is 561. The van der Waals surface area contributed by atoms with E-state index in [4.69, 9.17) is 0 Å². The molecule has 0 fully saturated rings. The van der Waals surface area contributed by atoms with Gasteiger partial charge in [0.05, 0.1) is 5.75 Å². The molecule has 0 spiro atoms. The summed E-state index contributed by atoms with van der Waals surface area (Å²) < 4.78 is 1.55. The molecule has 6 nitrogen and oxygen atoms in total. The second-order valence-corrected chi connectivity index (χ2v) is 6.31. The Labute approximate surface area is 132 Å². The first-order valence-corrected chi connectivity index (χ1v) is 8.63. The minimum atomic E-state index is 0.00307. The van der Waals surface area contributed by atoms with E-state index in [1.165, 1.54) is 17.3 Å². The van der Waals surface area contributed by atoms with Crippen LogP contribution in [0.3, 0.4) is 0 Å². The van der Waals surface area contributed by atoms with Crippen molar-refractivity contribution in [1.82, 2.24) is 25.5 Å². The summed E-state index contributed by atoms with van der Waals surface area (Å²) in [6.45, 7) is 0.675. The van der Waals surface area contributed by atoms with Gasteiger partial charge >= 0.3 is 0 Å². The molecule has 1 amide bonds. The van der Waals surface area contributed by atoms with Gasteiger partial charge in [-0.1, -0.05) is 42.1 Å². The van der Waals surface area contributed by atoms with Crippen LogP contribution in [-0.4, -0.2) is 44.2 Å². The van der Waals surface area contributed by atoms with Crippen LogP contribution in [0.25, 0.3) is 0 Å². The molecule has 0 aliphatic rings. The van der Waals surface area contributed by atoms with E-state index in [-0.39, 0.29) is 5.91 Å². The molecule has 0 radical (unpaired) electrons. The lowest BCUT2D eigenvalue weighted by molar-refractivity contribution is -0.118. The van der Waals surface area contributed by atoms with Crippen LogP contribution in [0.4, 0.5) is 0 Å². The molecule has 1 aromatic carbocycles. The SMILES string of the molecule is Cn1nnnc1SCC(=O)NCCSCc1ccccc1. The number of carbonyl (C=O) groups is 1. The summed E-state index contributed by atoms with van der Waals surface area (Å²) in [7, 11) is 1.75. The number of aryl methyl sites for hydroxylation is 1. The fourth-order valence-corrected chi connectivity index (χ4v) is 3.05. The largest absolute Gasteiger partial charge is 0.355 e. The normalized spacial score (nSPS) is 10.5. The summed E-state index contributed by atoms with van der Waals surface area (Å²) >= 11 is 3.14. The summed E-state index contributed by atoms with van der Waals surface area (Å²) in [5.41, 5.74) is 1.30. The molecule has 8 heteroatoms. The van der Waals surface area contributed by atoms with E-state index in [9.17, 15) is 4.79 Å². The maximum Gasteiger partial charge on any atom is 0.230 e. The highest BCUT2D eigenvalue weighted by molar-refractivity contribution is 7.99. The third kappa shape index (κ3) is 5.76. The molecular weight excluding hydrogens is 306 g/mol. The Morgan fingerprint density at radius 2 is 2.14 bits per heavy atom. The number of hydrogen-bond acceptors (Lipinski definition) is 6. The monoisotopic (exact) mass is 323 g/mol. The van der Waals surface area contributed by atoms with E-state index in [0.29, 0.717) is 17.5 Å². The lowest BCUT2D eigenvalue weighted by Crippen LogP contribution is -2.27. The molecule has 0 saturated heterocycles. The molecule has 0 aliphatic heterocycles. The number of rotatable bonds is 8. The van der Waals surface area contributed by atoms with Crippen LogP contribution < -0.4 is 5.32 Å². The fraction of sp³-hybridized carbons (Fsp3) is 0.385. The second-order valence-electron chi connectivity index (χ2n) is 4.26. The standard InChI is InChI=1S/C13H17N5OS2/c1-18-13(15-16-17-18)21-10-12(19)14-7-8-20-9-11-5-3-2-4-6-11/h2-6H,7-10H2,1H3,(H,14,19). The first-order valence-electron chi connectivity index (χ1n) is 6.49. The fourth-order valence-electron chi connectivity index (χ4n) is 1.55. The Morgan fingerprint density at radius 3 is 2.86 bits per heavy atom. The minimum Gasteiger partial charge on any atom is -0.355 e. The molecule has 1 heterocycles. The van der Waals surface area contributed by atoms with Gasteiger partial charge in [0.25, 0.3) is 0 Å². The molecule has 0 bridgehead atoms. The predicted molar refractivity (Wildman–Crippen MR) is 85.1 cm³/mol. The average Bonchev–Trinajstić information content (AvgIpc) is 2.91. The summed E-state index contributed by atoms with van der Waals surface area (Å²) in [5.74, 6) is 2.20. The molecule has 0 atom stereocenters. The van der Waals surface area contributed by atoms with E-state index < -0.39 is 0 Å². The number of benzene rings is 1. The van der Waals surface area contributed by atoms with Crippen molar-refractivity contribution < 1.29 is 4.79 Å². The Kier molecular flexibility index (Phi) is 6.55. The second kappa shape index (κ2) is 8.68. The van der Waals surface area contributed by atoms with Crippen molar-refractivity contribution in [1.29, 1.82) is 0 Å². The third-order valence-electron chi connectivity index (χ3n) is 2.59. The van der Waals surface area contributed by atoms with Crippen LogP contribution in [0.2, 0.25) is 0 Å². The topological polar surface area (TPSA) is 72.7 Å². The van der Waals surface area contributed by atoms with Gasteiger partial charge < -0.3 is 5.32 Å². The van der Waals surface area contributed by atoms with E-state index in [1.54, 1.807) is 11.7 Å². The zero-order chi connectivity index (χ0) is 14.9. The Morgan fingerprint density at radius 1 is 1.33 bits per heavy atom. The number of aromatic nitrogens is 4. The number of thioether (sulfide) groups is 2. The van der Waals surface area contributed by atoms with Crippen molar-refractivity contribution in [2.24, 2.45) is 7.05 Å². The number of nitrogens with one attached hydrogen (secondary N) is 1. The van der Waals surface area contributed by atoms with Crippen LogP contribution in [0, 0.1) is 0 Å².